The van der Waals surface area contributed by atoms with E-state index in [1.165, 1.54) is 10.6 Å². The first-order chi connectivity index (χ1) is 14.7. The zero-order valence-corrected chi connectivity index (χ0v) is 18.6. The molecule has 0 unspecified atom stereocenters. The van der Waals surface area contributed by atoms with Crippen molar-refractivity contribution in [3.05, 3.63) is 71.4 Å². The monoisotopic (exact) mass is 439 g/mol. The van der Waals surface area contributed by atoms with Crippen molar-refractivity contribution >= 4 is 33.1 Å². The molecule has 0 saturated carbocycles. The smallest absolute Gasteiger partial charge is 0.256 e. The highest BCUT2D eigenvalue weighted by atomic mass is 32.2. The summed E-state index contributed by atoms with van der Waals surface area (Å²) in [5.74, 6) is 0.338. The molecule has 0 saturated heterocycles. The number of anilines is 3. The minimum Gasteiger partial charge on any atom is -0.378 e. The molecule has 0 aliphatic carbocycles. The average molecular weight is 440 g/mol. The van der Waals surface area contributed by atoms with Crippen molar-refractivity contribution in [2.45, 2.75) is 13.0 Å². The lowest BCUT2D eigenvalue weighted by Gasteiger charge is -2.16. The van der Waals surface area contributed by atoms with Crippen molar-refractivity contribution in [1.82, 2.24) is 9.78 Å². The molecule has 3 aromatic rings. The Kier molecular flexibility index (Phi) is 5.45. The average Bonchev–Trinajstić information content (AvgIpc) is 3.34. The summed E-state index contributed by atoms with van der Waals surface area (Å²) in [5.41, 5.74) is 4.17. The fourth-order valence-electron chi connectivity index (χ4n) is 3.68. The third kappa shape index (κ3) is 4.41. The number of fused-ring (bicyclic) bond motifs is 1. The van der Waals surface area contributed by atoms with E-state index in [1.807, 2.05) is 43.3 Å². The van der Waals surface area contributed by atoms with Crippen molar-refractivity contribution < 1.29 is 13.2 Å². The van der Waals surface area contributed by atoms with E-state index in [-0.39, 0.29) is 5.91 Å². The molecular formula is C22H25N5O3S. The molecule has 8 nitrogen and oxygen atoms in total. The molecule has 2 heterocycles. The number of aromatic nitrogens is 2. The number of carbonyl (C=O) groups excluding carboxylic acids is 1. The summed E-state index contributed by atoms with van der Waals surface area (Å²) in [5, 5.41) is 7.24. The maximum atomic E-state index is 12.8. The van der Waals surface area contributed by atoms with Gasteiger partial charge in [-0.1, -0.05) is 12.1 Å². The van der Waals surface area contributed by atoms with Gasteiger partial charge in [0.25, 0.3) is 5.91 Å². The van der Waals surface area contributed by atoms with Gasteiger partial charge in [0.05, 0.1) is 24.7 Å². The largest absolute Gasteiger partial charge is 0.378 e. The number of rotatable bonds is 6. The fraction of sp³-hybridized carbons (Fsp3) is 0.273. The summed E-state index contributed by atoms with van der Waals surface area (Å²) < 4.78 is 26.9. The topological polar surface area (TPSA) is 87.5 Å². The number of hydrogen-bond acceptors (Lipinski definition) is 5. The van der Waals surface area contributed by atoms with Gasteiger partial charge in [-0.25, -0.2) is 13.1 Å². The molecule has 162 valence electrons. The zero-order valence-electron chi connectivity index (χ0n) is 17.7. The van der Waals surface area contributed by atoms with Gasteiger partial charge in [0.15, 0.2) is 0 Å². The standard InChI is InChI=1S/C22H25N5O3S/c1-25(2)19-7-4-16(5-8-19)15-26-21(10-12-23-26)24-22(28)18-6-9-20-17(14-18)11-13-27(20)31(3,29)30/h4-10,12,14H,11,13,15H2,1-3H3,(H,24,28). The van der Waals surface area contributed by atoms with Crippen LogP contribution in [0.1, 0.15) is 21.5 Å². The van der Waals surface area contributed by atoms with Crippen molar-refractivity contribution in [2.24, 2.45) is 0 Å². The molecule has 9 heteroatoms. The Labute approximate surface area is 182 Å². The van der Waals surface area contributed by atoms with Crippen molar-refractivity contribution in [2.75, 3.05) is 41.4 Å². The molecule has 1 aliphatic heterocycles. The number of carbonyl (C=O) groups is 1. The predicted octanol–water partition coefficient (Wildman–Crippen LogP) is 2.57. The quantitative estimate of drug-likeness (QED) is 0.638. The van der Waals surface area contributed by atoms with Gasteiger partial charge < -0.3 is 10.2 Å². The highest BCUT2D eigenvalue weighted by molar-refractivity contribution is 7.92. The van der Waals surface area contributed by atoms with Gasteiger partial charge in [-0.2, -0.15) is 5.10 Å². The van der Waals surface area contributed by atoms with Crippen LogP contribution in [-0.2, 0) is 23.0 Å². The van der Waals surface area contributed by atoms with Gasteiger partial charge in [-0.05, 0) is 47.9 Å². The normalized spacial score (nSPS) is 13.2. The minimum atomic E-state index is -3.31. The summed E-state index contributed by atoms with van der Waals surface area (Å²) >= 11 is 0. The zero-order chi connectivity index (χ0) is 22.2. The fourth-order valence-corrected chi connectivity index (χ4v) is 4.64. The number of nitrogens with one attached hydrogen (secondary N) is 1. The van der Waals surface area contributed by atoms with Crippen LogP contribution in [0, 0.1) is 0 Å². The van der Waals surface area contributed by atoms with E-state index in [4.69, 9.17) is 0 Å². The summed E-state index contributed by atoms with van der Waals surface area (Å²) in [4.78, 5) is 14.9. The molecule has 0 bridgehead atoms. The van der Waals surface area contributed by atoms with E-state index in [0.29, 0.717) is 36.6 Å². The maximum absolute atomic E-state index is 12.8. The molecular weight excluding hydrogens is 414 g/mol. The Morgan fingerprint density at radius 3 is 2.55 bits per heavy atom. The highest BCUT2D eigenvalue weighted by Crippen LogP contribution is 2.31. The number of amides is 1. The lowest BCUT2D eigenvalue weighted by Crippen LogP contribution is -2.27. The molecule has 0 radical (unpaired) electrons. The van der Waals surface area contributed by atoms with Gasteiger partial charge >= 0.3 is 0 Å². The number of hydrogen-bond donors (Lipinski definition) is 1. The van der Waals surface area contributed by atoms with E-state index in [9.17, 15) is 13.2 Å². The first-order valence-electron chi connectivity index (χ1n) is 9.92. The van der Waals surface area contributed by atoms with Crippen LogP contribution < -0.4 is 14.5 Å². The molecule has 0 fully saturated rings. The molecule has 1 aliphatic rings. The van der Waals surface area contributed by atoms with Crippen LogP contribution in [0.2, 0.25) is 0 Å². The van der Waals surface area contributed by atoms with Gasteiger partial charge in [0.2, 0.25) is 10.0 Å². The van der Waals surface area contributed by atoms with Gasteiger partial charge in [-0.3, -0.25) is 9.10 Å². The van der Waals surface area contributed by atoms with Crippen LogP contribution >= 0.6 is 0 Å². The van der Waals surface area contributed by atoms with Crippen molar-refractivity contribution in [3.8, 4) is 0 Å². The molecule has 1 N–H and O–H groups in total. The first kappa shape index (κ1) is 20.9. The maximum Gasteiger partial charge on any atom is 0.256 e. The number of sulfonamides is 1. The van der Waals surface area contributed by atoms with Crippen LogP contribution in [0.15, 0.2) is 54.7 Å². The van der Waals surface area contributed by atoms with Gasteiger partial charge in [-0.15, -0.1) is 0 Å². The molecule has 31 heavy (non-hydrogen) atoms. The van der Waals surface area contributed by atoms with Crippen molar-refractivity contribution in [3.63, 3.8) is 0 Å². The summed E-state index contributed by atoms with van der Waals surface area (Å²) in [6, 6.07) is 15.0. The second kappa shape index (κ2) is 8.07. The Morgan fingerprint density at radius 2 is 1.87 bits per heavy atom. The summed E-state index contributed by atoms with van der Waals surface area (Å²) in [6.07, 6.45) is 3.43. The predicted molar refractivity (Wildman–Crippen MR) is 122 cm³/mol. The van der Waals surface area contributed by atoms with Gasteiger partial charge in [0.1, 0.15) is 5.82 Å². The van der Waals surface area contributed by atoms with Crippen LogP contribution in [-0.4, -0.2) is 51.0 Å². The Bertz CT molecular complexity index is 1220. The van der Waals surface area contributed by atoms with Crippen LogP contribution in [0.3, 0.4) is 0 Å². The Morgan fingerprint density at radius 1 is 1.13 bits per heavy atom. The molecule has 2 aromatic carbocycles. The molecule has 0 atom stereocenters. The second-order valence-corrected chi connectivity index (χ2v) is 9.72. The third-order valence-corrected chi connectivity index (χ3v) is 6.52. The van der Waals surface area contributed by atoms with E-state index < -0.39 is 10.0 Å². The van der Waals surface area contributed by atoms with E-state index in [0.717, 1.165) is 16.8 Å². The van der Waals surface area contributed by atoms with Crippen LogP contribution in [0.25, 0.3) is 0 Å². The highest BCUT2D eigenvalue weighted by Gasteiger charge is 2.26. The Hall–Kier alpha value is -3.33. The molecule has 4 rings (SSSR count). The van der Waals surface area contributed by atoms with Crippen LogP contribution in [0.5, 0.6) is 0 Å². The second-order valence-electron chi connectivity index (χ2n) is 7.82. The first-order valence-corrected chi connectivity index (χ1v) is 11.8. The lowest BCUT2D eigenvalue weighted by atomic mass is 10.1. The number of nitrogens with zero attached hydrogens (tertiary/aromatic N) is 4. The van der Waals surface area contributed by atoms with Crippen molar-refractivity contribution in [1.29, 1.82) is 0 Å². The SMILES string of the molecule is CN(C)c1ccc(Cn2nccc2NC(=O)c2ccc3c(c2)CCN3S(C)(=O)=O)cc1. The molecule has 0 spiro atoms. The van der Waals surface area contributed by atoms with E-state index >= 15 is 0 Å². The third-order valence-electron chi connectivity index (χ3n) is 5.34. The van der Waals surface area contributed by atoms with Crippen LogP contribution in [0.4, 0.5) is 17.2 Å². The van der Waals surface area contributed by atoms with E-state index in [1.54, 1.807) is 35.1 Å². The summed E-state index contributed by atoms with van der Waals surface area (Å²) in [6.45, 7) is 0.933. The van der Waals surface area contributed by atoms with Gasteiger partial charge in [0, 0.05) is 38.0 Å². The van der Waals surface area contributed by atoms with E-state index in [2.05, 4.69) is 10.4 Å². The molecule has 1 aromatic heterocycles. The summed E-state index contributed by atoms with van der Waals surface area (Å²) in [7, 11) is 0.673. The minimum absolute atomic E-state index is 0.259. The Balaban J connectivity index is 1.49. The molecule has 1 amide bonds. The number of benzene rings is 2. The lowest BCUT2D eigenvalue weighted by molar-refractivity contribution is 0.102.